The van der Waals surface area contributed by atoms with E-state index in [1.165, 1.54) is 36.4 Å². The predicted octanol–water partition coefficient (Wildman–Crippen LogP) is 3.84. The molecule has 6 nitrogen and oxygen atoms in total. The van der Waals surface area contributed by atoms with Crippen molar-refractivity contribution in [1.29, 1.82) is 0 Å². The van der Waals surface area contributed by atoms with Crippen molar-refractivity contribution in [2.24, 2.45) is 0 Å². The van der Waals surface area contributed by atoms with E-state index in [0.717, 1.165) is 12.8 Å². The molecule has 138 valence electrons. The molecule has 0 bridgehead atoms. The van der Waals surface area contributed by atoms with Crippen molar-refractivity contribution < 1.29 is 13.2 Å². The molecule has 1 aliphatic rings. The number of hydrogen-bond donors (Lipinski definition) is 3. The molecule has 10 heteroatoms. The van der Waals surface area contributed by atoms with Crippen LogP contribution in [0.1, 0.15) is 23.2 Å². The van der Waals surface area contributed by atoms with Gasteiger partial charge < -0.3 is 0 Å². The summed E-state index contributed by atoms with van der Waals surface area (Å²) in [4.78, 5) is 12.3. The predicted molar refractivity (Wildman–Crippen MR) is 102 cm³/mol. The summed E-state index contributed by atoms with van der Waals surface area (Å²) in [6.45, 7) is 0. The minimum Gasteiger partial charge on any atom is -0.295 e. The molecule has 0 radical (unpaired) electrons. The lowest BCUT2D eigenvalue weighted by Gasteiger charge is -2.12. The Balaban J connectivity index is 1.67. The maximum Gasteiger partial charge on any atom is 0.269 e. The fourth-order valence-electron chi connectivity index (χ4n) is 2.13. The van der Waals surface area contributed by atoms with Gasteiger partial charge in [0.1, 0.15) is 0 Å². The van der Waals surface area contributed by atoms with Crippen LogP contribution in [0.2, 0.25) is 15.1 Å². The van der Waals surface area contributed by atoms with Crippen molar-refractivity contribution in [3.05, 3.63) is 57.0 Å². The van der Waals surface area contributed by atoms with Crippen molar-refractivity contribution in [2.75, 3.05) is 5.43 Å². The summed E-state index contributed by atoms with van der Waals surface area (Å²) in [7, 11) is -3.55. The number of hydrogen-bond acceptors (Lipinski definition) is 4. The highest BCUT2D eigenvalue weighted by molar-refractivity contribution is 7.89. The van der Waals surface area contributed by atoms with Crippen molar-refractivity contribution in [2.45, 2.75) is 23.8 Å². The van der Waals surface area contributed by atoms with Gasteiger partial charge in [-0.1, -0.05) is 34.8 Å². The van der Waals surface area contributed by atoms with Crippen LogP contribution in [-0.2, 0) is 10.0 Å². The molecule has 0 saturated heterocycles. The van der Waals surface area contributed by atoms with Gasteiger partial charge in [0.25, 0.3) is 5.91 Å². The van der Waals surface area contributed by atoms with E-state index >= 15 is 0 Å². The minimum absolute atomic E-state index is 0.0149. The summed E-state index contributed by atoms with van der Waals surface area (Å²) in [6.07, 6.45) is 1.70. The van der Waals surface area contributed by atoms with E-state index in [4.69, 9.17) is 34.8 Å². The smallest absolute Gasteiger partial charge is 0.269 e. The summed E-state index contributed by atoms with van der Waals surface area (Å²) >= 11 is 17.9. The molecular weight excluding hydrogens is 421 g/mol. The van der Waals surface area contributed by atoms with Crippen LogP contribution in [0.3, 0.4) is 0 Å². The lowest BCUT2D eigenvalue weighted by molar-refractivity contribution is 0.0962. The average Bonchev–Trinajstić information content (AvgIpc) is 3.37. The molecule has 0 aliphatic heterocycles. The van der Waals surface area contributed by atoms with E-state index in [9.17, 15) is 13.2 Å². The fraction of sp³-hybridized carbons (Fsp3) is 0.188. The third-order valence-electron chi connectivity index (χ3n) is 3.63. The van der Waals surface area contributed by atoms with Crippen LogP contribution in [0.5, 0.6) is 0 Å². The first-order valence-corrected chi connectivity index (χ1v) is 10.2. The van der Waals surface area contributed by atoms with Gasteiger partial charge in [-0.15, -0.1) is 0 Å². The van der Waals surface area contributed by atoms with Gasteiger partial charge in [-0.25, -0.2) is 13.1 Å². The van der Waals surface area contributed by atoms with E-state index in [-0.39, 0.29) is 26.5 Å². The molecule has 2 aromatic rings. The van der Waals surface area contributed by atoms with E-state index < -0.39 is 15.9 Å². The second-order valence-electron chi connectivity index (χ2n) is 5.74. The van der Waals surface area contributed by atoms with Gasteiger partial charge in [0.05, 0.1) is 20.6 Å². The van der Waals surface area contributed by atoms with Crippen LogP contribution in [0, 0.1) is 0 Å². The van der Waals surface area contributed by atoms with Crippen molar-refractivity contribution in [1.82, 2.24) is 10.1 Å². The first kappa shape index (κ1) is 19.3. The first-order valence-electron chi connectivity index (χ1n) is 7.59. The van der Waals surface area contributed by atoms with Gasteiger partial charge in [-0.05, 0) is 49.2 Å². The monoisotopic (exact) mass is 433 g/mol. The Morgan fingerprint density at radius 1 is 1.00 bits per heavy atom. The molecule has 1 aliphatic carbocycles. The van der Waals surface area contributed by atoms with Crippen LogP contribution >= 0.6 is 34.8 Å². The number of carbonyl (C=O) groups excluding carboxylic acids is 1. The lowest BCUT2D eigenvalue weighted by Crippen LogP contribution is -2.30. The second kappa shape index (κ2) is 7.62. The quantitative estimate of drug-likeness (QED) is 0.603. The molecule has 26 heavy (non-hydrogen) atoms. The van der Waals surface area contributed by atoms with Crippen LogP contribution < -0.4 is 15.6 Å². The molecule has 1 amide bonds. The van der Waals surface area contributed by atoms with Gasteiger partial charge in [-0.2, -0.15) is 0 Å². The molecule has 1 fully saturated rings. The Kier molecular flexibility index (Phi) is 5.64. The third kappa shape index (κ3) is 4.61. The summed E-state index contributed by atoms with van der Waals surface area (Å²) in [6, 6.07) is 8.57. The van der Waals surface area contributed by atoms with Gasteiger partial charge in [-0.3, -0.25) is 15.6 Å². The minimum atomic E-state index is -3.55. The number of rotatable bonds is 6. The normalized spacial score (nSPS) is 14.1. The van der Waals surface area contributed by atoms with Crippen LogP contribution in [0.4, 0.5) is 5.69 Å². The number of sulfonamides is 1. The molecule has 0 atom stereocenters. The van der Waals surface area contributed by atoms with Crippen molar-refractivity contribution in [3.63, 3.8) is 0 Å². The van der Waals surface area contributed by atoms with E-state index in [1.807, 2.05) is 0 Å². The van der Waals surface area contributed by atoms with Crippen molar-refractivity contribution >= 4 is 56.4 Å². The zero-order valence-corrected chi connectivity index (χ0v) is 16.3. The number of anilines is 1. The van der Waals surface area contributed by atoms with E-state index in [1.54, 1.807) is 0 Å². The third-order valence-corrected chi connectivity index (χ3v) is 5.98. The summed E-state index contributed by atoms with van der Waals surface area (Å²) in [5.74, 6) is -0.480. The zero-order valence-electron chi connectivity index (χ0n) is 13.2. The summed E-state index contributed by atoms with van der Waals surface area (Å²) in [5.41, 5.74) is 5.66. The molecule has 2 aromatic carbocycles. The van der Waals surface area contributed by atoms with Crippen molar-refractivity contribution in [3.8, 4) is 0 Å². The number of carbonyl (C=O) groups is 1. The maximum atomic E-state index is 12.2. The Bertz CT molecular complexity index is 922. The molecule has 0 spiro atoms. The van der Waals surface area contributed by atoms with Crippen LogP contribution in [0.25, 0.3) is 0 Å². The van der Waals surface area contributed by atoms with Gasteiger partial charge in [0.15, 0.2) is 0 Å². The summed E-state index contributed by atoms with van der Waals surface area (Å²) < 4.78 is 26.8. The highest BCUT2D eigenvalue weighted by atomic mass is 35.5. The first-order chi connectivity index (χ1) is 12.3. The molecule has 3 N–H and O–H groups in total. The number of hydrazine groups is 1. The van der Waals surface area contributed by atoms with Gasteiger partial charge >= 0.3 is 0 Å². The lowest BCUT2D eigenvalue weighted by atomic mass is 10.2. The van der Waals surface area contributed by atoms with Crippen LogP contribution in [-0.4, -0.2) is 20.4 Å². The number of halogens is 3. The molecule has 1 saturated carbocycles. The Labute approximate surface area is 165 Å². The molecular formula is C16H14Cl3N3O3S. The maximum absolute atomic E-state index is 12.2. The molecule has 3 rings (SSSR count). The molecule has 0 heterocycles. The SMILES string of the molecule is O=C(NNc1c(Cl)cc(Cl)cc1Cl)c1ccc(S(=O)(=O)NC2CC2)cc1. The fourth-order valence-corrected chi connectivity index (χ4v) is 4.34. The number of benzene rings is 2. The Hall–Kier alpha value is -1.51. The molecule has 0 unspecified atom stereocenters. The molecule has 0 aromatic heterocycles. The largest absolute Gasteiger partial charge is 0.295 e. The van der Waals surface area contributed by atoms with Crippen LogP contribution in [0.15, 0.2) is 41.3 Å². The topological polar surface area (TPSA) is 87.3 Å². The highest BCUT2D eigenvalue weighted by Crippen LogP contribution is 2.33. The number of amides is 1. The van der Waals surface area contributed by atoms with Gasteiger partial charge in [0.2, 0.25) is 10.0 Å². The van der Waals surface area contributed by atoms with Gasteiger partial charge in [0, 0.05) is 16.6 Å². The highest BCUT2D eigenvalue weighted by Gasteiger charge is 2.27. The number of nitrogens with one attached hydrogen (secondary N) is 3. The second-order valence-corrected chi connectivity index (χ2v) is 8.71. The zero-order chi connectivity index (χ0) is 18.9. The van der Waals surface area contributed by atoms with E-state index in [2.05, 4.69) is 15.6 Å². The van der Waals surface area contributed by atoms with E-state index in [0.29, 0.717) is 10.7 Å². The Morgan fingerprint density at radius 3 is 2.12 bits per heavy atom. The average molecular weight is 435 g/mol. The standard InChI is InChI=1S/C16H14Cl3N3O3S/c17-10-7-13(18)15(14(19)8-10)20-21-16(23)9-1-5-12(6-2-9)26(24,25)22-11-3-4-11/h1-2,5-8,11,20,22H,3-4H2,(H,21,23). The summed E-state index contributed by atoms with van der Waals surface area (Å²) in [5, 5.41) is 0.860. The Morgan fingerprint density at radius 2 is 1.58 bits per heavy atom.